The SMILES string of the molecule is Cc1cc(Br)cc(C)c1NC(=O)CCNC1CC1. The van der Waals surface area contributed by atoms with Crippen LogP contribution in [-0.2, 0) is 4.79 Å². The molecule has 3 nitrogen and oxygen atoms in total. The quantitative estimate of drug-likeness (QED) is 0.877. The van der Waals surface area contributed by atoms with Crippen LogP contribution < -0.4 is 10.6 Å². The van der Waals surface area contributed by atoms with E-state index >= 15 is 0 Å². The van der Waals surface area contributed by atoms with Gasteiger partial charge < -0.3 is 10.6 Å². The third-order valence-electron chi connectivity index (χ3n) is 3.12. The van der Waals surface area contributed by atoms with Gasteiger partial charge in [0, 0.05) is 29.2 Å². The summed E-state index contributed by atoms with van der Waals surface area (Å²) in [5.74, 6) is 0.0803. The molecule has 0 unspecified atom stereocenters. The lowest BCUT2D eigenvalue weighted by Gasteiger charge is -2.12. The molecule has 1 aromatic rings. The number of anilines is 1. The van der Waals surface area contributed by atoms with Crippen molar-refractivity contribution in [2.75, 3.05) is 11.9 Å². The van der Waals surface area contributed by atoms with Gasteiger partial charge in [0.25, 0.3) is 0 Å². The van der Waals surface area contributed by atoms with E-state index in [0.717, 1.165) is 27.8 Å². The van der Waals surface area contributed by atoms with E-state index in [-0.39, 0.29) is 5.91 Å². The zero-order valence-corrected chi connectivity index (χ0v) is 12.4. The van der Waals surface area contributed by atoms with Crippen LogP contribution in [0.5, 0.6) is 0 Å². The number of amides is 1. The predicted molar refractivity (Wildman–Crippen MR) is 77.9 cm³/mol. The lowest BCUT2D eigenvalue weighted by Crippen LogP contribution is -2.23. The van der Waals surface area contributed by atoms with Crippen molar-refractivity contribution >= 4 is 27.5 Å². The maximum absolute atomic E-state index is 11.8. The van der Waals surface area contributed by atoms with Crippen molar-refractivity contribution in [2.24, 2.45) is 0 Å². The average molecular weight is 311 g/mol. The number of carbonyl (C=O) groups is 1. The summed E-state index contributed by atoms with van der Waals surface area (Å²) in [4.78, 5) is 11.8. The van der Waals surface area contributed by atoms with Crippen molar-refractivity contribution in [3.63, 3.8) is 0 Å². The van der Waals surface area contributed by atoms with Crippen LogP contribution in [-0.4, -0.2) is 18.5 Å². The Hall–Kier alpha value is -0.870. The lowest BCUT2D eigenvalue weighted by atomic mass is 10.1. The lowest BCUT2D eigenvalue weighted by molar-refractivity contribution is -0.116. The highest BCUT2D eigenvalue weighted by atomic mass is 79.9. The van der Waals surface area contributed by atoms with Gasteiger partial charge in [-0.3, -0.25) is 4.79 Å². The molecule has 1 aliphatic carbocycles. The van der Waals surface area contributed by atoms with Gasteiger partial charge in [-0.15, -0.1) is 0 Å². The highest BCUT2D eigenvalue weighted by Gasteiger charge is 2.20. The number of rotatable bonds is 5. The molecule has 4 heteroatoms. The Labute approximate surface area is 116 Å². The van der Waals surface area contributed by atoms with Crippen LogP contribution in [0.2, 0.25) is 0 Å². The Balaban J connectivity index is 1.89. The molecule has 0 saturated heterocycles. The fraction of sp³-hybridized carbons (Fsp3) is 0.500. The van der Waals surface area contributed by atoms with Crippen molar-refractivity contribution < 1.29 is 4.79 Å². The summed E-state index contributed by atoms with van der Waals surface area (Å²) >= 11 is 3.46. The summed E-state index contributed by atoms with van der Waals surface area (Å²) in [6.07, 6.45) is 3.05. The van der Waals surface area contributed by atoms with Crippen molar-refractivity contribution in [1.29, 1.82) is 0 Å². The van der Waals surface area contributed by atoms with Gasteiger partial charge in [0.05, 0.1) is 0 Å². The number of aryl methyl sites for hydroxylation is 2. The molecular weight excluding hydrogens is 292 g/mol. The van der Waals surface area contributed by atoms with Gasteiger partial charge in [-0.1, -0.05) is 15.9 Å². The van der Waals surface area contributed by atoms with Gasteiger partial charge in [-0.2, -0.15) is 0 Å². The van der Waals surface area contributed by atoms with Gasteiger partial charge in [0.15, 0.2) is 0 Å². The molecule has 18 heavy (non-hydrogen) atoms. The minimum Gasteiger partial charge on any atom is -0.326 e. The second-order valence-electron chi connectivity index (χ2n) is 4.94. The first-order valence-electron chi connectivity index (χ1n) is 6.36. The molecule has 0 radical (unpaired) electrons. The van der Waals surface area contributed by atoms with Crippen molar-refractivity contribution in [1.82, 2.24) is 5.32 Å². The molecule has 1 fully saturated rings. The molecule has 0 aliphatic heterocycles. The maximum atomic E-state index is 11.8. The summed E-state index contributed by atoms with van der Waals surface area (Å²) < 4.78 is 1.05. The second kappa shape index (κ2) is 5.85. The van der Waals surface area contributed by atoms with Crippen LogP contribution in [0.4, 0.5) is 5.69 Å². The van der Waals surface area contributed by atoms with Crippen LogP contribution >= 0.6 is 15.9 Å². The maximum Gasteiger partial charge on any atom is 0.225 e. The van der Waals surface area contributed by atoms with Gasteiger partial charge in [-0.25, -0.2) is 0 Å². The third kappa shape index (κ3) is 3.82. The van der Waals surface area contributed by atoms with E-state index in [1.54, 1.807) is 0 Å². The molecule has 0 aromatic heterocycles. The molecule has 1 amide bonds. The monoisotopic (exact) mass is 310 g/mol. The number of halogens is 1. The summed E-state index contributed by atoms with van der Waals surface area (Å²) in [6, 6.07) is 4.70. The van der Waals surface area contributed by atoms with Crippen molar-refractivity contribution in [3.05, 3.63) is 27.7 Å². The van der Waals surface area contributed by atoms with Crippen LogP contribution in [0.3, 0.4) is 0 Å². The Morgan fingerprint density at radius 1 is 1.33 bits per heavy atom. The highest BCUT2D eigenvalue weighted by Crippen LogP contribution is 2.25. The predicted octanol–water partition coefficient (Wildman–Crippen LogP) is 3.15. The normalized spacial score (nSPS) is 14.6. The number of nitrogens with one attached hydrogen (secondary N) is 2. The minimum absolute atomic E-state index is 0.0803. The molecule has 0 heterocycles. The minimum atomic E-state index is 0.0803. The topological polar surface area (TPSA) is 41.1 Å². The largest absolute Gasteiger partial charge is 0.326 e. The number of benzene rings is 1. The summed E-state index contributed by atoms with van der Waals surface area (Å²) in [5.41, 5.74) is 3.12. The molecule has 2 rings (SSSR count). The van der Waals surface area contributed by atoms with E-state index in [2.05, 4.69) is 26.6 Å². The smallest absolute Gasteiger partial charge is 0.225 e. The number of carbonyl (C=O) groups excluding carboxylic acids is 1. The Morgan fingerprint density at radius 2 is 1.94 bits per heavy atom. The first kappa shape index (κ1) is 13.6. The molecule has 0 atom stereocenters. The summed E-state index contributed by atoms with van der Waals surface area (Å²) in [5, 5.41) is 6.34. The van der Waals surface area contributed by atoms with Crippen LogP contribution in [0.25, 0.3) is 0 Å². The Kier molecular flexibility index (Phi) is 4.40. The van der Waals surface area contributed by atoms with Gasteiger partial charge in [-0.05, 0) is 49.9 Å². The summed E-state index contributed by atoms with van der Waals surface area (Å²) in [7, 11) is 0. The average Bonchev–Trinajstić information content (AvgIpc) is 3.07. The molecule has 1 saturated carbocycles. The zero-order chi connectivity index (χ0) is 13.1. The molecule has 2 N–H and O–H groups in total. The van der Waals surface area contributed by atoms with Crippen LogP contribution in [0, 0.1) is 13.8 Å². The number of hydrogen-bond acceptors (Lipinski definition) is 2. The van der Waals surface area contributed by atoms with Gasteiger partial charge in [0.2, 0.25) is 5.91 Å². The third-order valence-corrected chi connectivity index (χ3v) is 3.58. The fourth-order valence-electron chi connectivity index (χ4n) is 1.99. The van der Waals surface area contributed by atoms with E-state index in [1.807, 2.05) is 26.0 Å². The molecule has 98 valence electrons. The first-order chi connectivity index (χ1) is 8.56. The van der Waals surface area contributed by atoms with Gasteiger partial charge in [0.1, 0.15) is 0 Å². The van der Waals surface area contributed by atoms with E-state index in [1.165, 1.54) is 12.8 Å². The standard InChI is InChI=1S/C14H19BrN2O/c1-9-7-11(15)8-10(2)14(9)17-13(18)5-6-16-12-3-4-12/h7-8,12,16H,3-6H2,1-2H3,(H,17,18). The molecule has 1 aromatic carbocycles. The van der Waals surface area contributed by atoms with E-state index in [4.69, 9.17) is 0 Å². The Morgan fingerprint density at radius 3 is 2.50 bits per heavy atom. The molecule has 0 bridgehead atoms. The molecule has 0 spiro atoms. The van der Waals surface area contributed by atoms with E-state index < -0.39 is 0 Å². The zero-order valence-electron chi connectivity index (χ0n) is 10.8. The summed E-state index contributed by atoms with van der Waals surface area (Å²) in [6.45, 7) is 4.79. The number of hydrogen-bond donors (Lipinski definition) is 2. The van der Waals surface area contributed by atoms with Gasteiger partial charge >= 0.3 is 0 Å². The van der Waals surface area contributed by atoms with E-state index in [9.17, 15) is 4.79 Å². The van der Waals surface area contributed by atoms with Crippen LogP contribution in [0.1, 0.15) is 30.4 Å². The molecule has 1 aliphatic rings. The van der Waals surface area contributed by atoms with E-state index in [0.29, 0.717) is 12.5 Å². The molecular formula is C14H19BrN2O. The van der Waals surface area contributed by atoms with Crippen molar-refractivity contribution in [3.8, 4) is 0 Å². The first-order valence-corrected chi connectivity index (χ1v) is 7.15. The fourth-order valence-corrected chi connectivity index (χ4v) is 2.67. The second-order valence-corrected chi connectivity index (χ2v) is 5.86. The highest BCUT2D eigenvalue weighted by molar-refractivity contribution is 9.10. The Bertz CT molecular complexity index is 432. The van der Waals surface area contributed by atoms with Crippen molar-refractivity contribution in [2.45, 2.75) is 39.2 Å². The van der Waals surface area contributed by atoms with Crippen LogP contribution in [0.15, 0.2) is 16.6 Å².